The fourth-order valence-electron chi connectivity index (χ4n) is 13.5. The molecule has 7 rings (SSSR count). The highest BCUT2D eigenvalue weighted by Gasteiger charge is 2.57. The van der Waals surface area contributed by atoms with Gasteiger partial charge in [0.15, 0.2) is 17.3 Å². The third kappa shape index (κ3) is 9.56. The fourth-order valence-corrected chi connectivity index (χ4v) is 14.2. The van der Waals surface area contributed by atoms with E-state index in [2.05, 4.69) is 76.7 Å². The van der Waals surface area contributed by atoms with Crippen molar-refractivity contribution in [3.05, 3.63) is 36.0 Å². The van der Waals surface area contributed by atoms with Crippen LogP contribution in [-0.2, 0) is 28.6 Å². The summed E-state index contributed by atoms with van der Waals surface area (Å²) in [4.78, 5) is 38.6. The van der Waals surface area contributed by atoms with Gasteiger partial charge >= 0.3 is 0 Å². The smallest absolute Gasteiger partial charge is 0.165 e. The average molecular weight is 905 g/mol. The molecule has 7 aliphatic carbocycles. The van der Waals surface area contributed by atoms with E-state index >= 15 is 0 Å². The van der Waals surface area contributed by atoms with E-state index in [1.165, 1.54) is 63.4 Å². The summed E-state index contributed by atoms with van der Waals surface area (Å²) in [5, 5.41) is 0.750. The number of hydrogen-bond donors (Lipinski definition) is 0. The minimum atomic E-state index is -0.338. The van der Waals surface area contributed by atoms with Crippen molar-refractivity contribution in [3.63, 3.8) is 0 Å². The van der Waals surface area contributed by atoms with Gasteiger partial charge in [0.2, 0.25) is 0 Å². The molecule has 59 heavy (non-hydrogen) atoms. The molecule has 0 N–H and O–H groups in total. The van der Waals surface area contributed by atoms with Crippen LogP contribution in [0.15, 0.2) is 36.0 Å². The van der Waals surface area contributed by atoms with Crippen LogP contribution in [-0.4, -0.2) is 68.2 Å². The first-order valence-corrected chi connectivity index (χ1v) is 25.0. The second kappa shape index (κ2) is 20.6. The molecule has 0 aromatic heterocycles. The lowest BCUT2D eigenvalue weighted by molar-refractivity contribution is -0.155. The number of allylic oxidation sites excluding steroid dienone is 1. The second-order valence-electron chi connectivity index (χ2n) is 20.9. The lowest BCUT2D eigenvalue weighted by Crippen LogP contribution is -2.54. The molecule has 15 unspecified atom stereocenters. The maximum absolute atomic E-state index is 13.0. The Bertz CT molecular complexity index is 1490. The van der Waals surface area contributed by atoms with Gasteiger partial charge < -0.3 is 14.2 Å². The summed E-state index contributed by atoms with van der Waals surface area (Å²) in [5.41, 5.74) is 3.95. The summed E-state index contributed by atoms with van der Waals surface area (Å²) < 4.78 is 16.7. The van der Waals surface area contributed by atoms with Crippen LogP contribution in [0, 0.1) is 69.5 Å². The normalized spacial score (nSPS) is 43.3. The largest absolute Gasteiger partial charge is 0.373 e. The van der Waals surface area contributed by atoms with E-state index < -0.39 is 0 Å². The van der Waals surface area contributed by atoms with Crippen molar-refractivity contribution in [2.45, 2.75) is 163 Å². The van der Waals surface area contributed by atoms with Gasteiger partial charge in [-0.1, -0.05) is 132 Å². The van der Waals surface area contributed by atoms with E-state index in [0.29, 0.717) is 41.1 Å². The molecule has 6 nitrogen and oxygen atoms in total. The molecule has 0 bridgehead atoms. The molecule has 7 aliphatic rings. The van der Waals surface area contributed by atoms with E-state index in [4.69, 9.17) is 25.8 Å². The Labute approximate surface area is 372 Å². The number of carbonyl (C=O) groups is 3. The minimum Gasteiger partial charge on any atom is -0.373 e. The van der Waals surface area contributed by atoms with Gasteiger partial charge in [0.1, 0.15) is 18.3 Å². The summed E-state index contributed by atoms with van der Waals surface area (Å²) in [7, 11) is 5.02. The van der Waals surface area contributed by atoms with Crippen LogP contribution in [0.1, 0.15) is 144 Å². The zero-order valence-electron chi connectivity index (χ0n) is 38.4. The zero-order chi connectivity index (χ0) is 43.4. The molecular weight excluding hydrogens is 824 g/mol. The maximum atomic E-state index is 13.0. The third-order valence-electron chi connectivity index (χ3n) is 18.1. The molecule has 0 amide bonds. The van der Waals surface area contributed by atoms with E-state index in [-0.39, 0.29) is 69.9 Å². The van der Waals surface area contributed by atoms with Gasteiger partial charge in [-0.2, -0.15) is 0 Å². The highest BCUT2D eigenvalue weighted by atomic mass is 79.9. The summed E-state index contributed by atoms with van der Waals surface area (Å²) >= 11 is 9.43. The SMILES string of the molecule is C=C(CBr)C1CC2(C)C(C)CCCC2C(=O)C1OC.C=C(CCl)C1CC2(C)C(C)CCCC2C(=O)C1OC.COC1C(=O)C2CCCC(C)C2(C)CC1C1=CCCCC1. The highest BCUT2D eigenvalue weighted by Crippen LogP contribution is 2.58. The van der Waals surface area contributed by atoms with E-state index in [0.717, 1.165) is 61.4 Å². The van der Waals surface area contributed by atoms with Gasteiger partial charge in [-0.15, -0.1) is 11.6 Å². The number of hydrogen-bond acceptors (Lipinski definition) is 6. The molecule has 0 radical (unpaired) electrons. The average Bonchev–Trinajstić information content (AvgIpc) is 3.23. The van der Waals surface area contributed by atoms with Crippen LogP contribution in [0.25, 0.3) is 0 Å². The first kappa shape index (κ1) is 48.9. The predicted octanol–water partition coefficient (Wildman–Crippen LogP) is 12.3. The molecule has 0 aromatic rings. The quantitative estimate of drug-likeness (QED) is 0.178. The number of halogens is 2. The number of ether oxygens (including phenoxy) is 3. The molecule has 0 heterocycles. The minimum absolute atomic E-state index is 0.0804. The molecule has 6 saturated carbocycles. The number of alkyl halides is 2. The van der Waals surface area contributed by atoms with E-state index in [1.54, 1.807) is 21.3 Å². The molecule has 6 fully saturated rings. The summed E-state index contributed by atoms with van der Waals surface area (Å²) in [6.07, 6.45) is 20.1. The Morgan fingerprint density at radius 3 is 1.42 bits per heavy atom. The molecule has 0 aromatic carbocycles. The number of ketones is 3. The second-order valence-corrected chi connectivity index (χ2v) is 21.7. The summed E-state index contributed by atoms with van der Waals surface area (Å²) in [6.45, 7) is 22.1. The Morgan fingerprint density at radius 2 is 1.05 bits per heavy atom. The lowest BCUT2D eigenvalue weighted by Gasteiger charge is -2.53. The molecule has 0 spiro atoms. The molecular formula is C51H80BrClO6. The van der Waals surface area contributed by atoms with Gasteiger partial charge in [-0.25, -0.2) is 0 Å². The van der Waals surface area contributed by atoms with Gasteiger partial charge in [0.05, 0.1) is 0 Å². The summed E-state index contributed by atoms with van der Waals surface area (Å²) in [6, 6.07) is 0. The van der Waals surface area contributed by atoms with Gasteiger partial charge in [0.25, 0.3) is 0 Å². The van der Waals surface area contributed by atoms with Crippen LogP contribution in [0.4, 0.5) is 0 Å². The Hall–Kier alpha value is -1.12. The van der Waals surface area contributed by atoms with Crippen LogP contribution in [0.2, 0.25) is 0 Å². The zero-order valence-corrected chi connectivity index (χ0v) is 40.7. The van der Waals surface area contributed by atoms with Crippen LogP contribution in [0.3, 0.4) is 0 Å². The summed E-state index contributed by atoms with van der Waals surface area (Å²) in [5.74, 6) is 4.39. The molecule has 334 valence electrons. The topological polar surface area (TPSA) is 78.9 Å². The number of methoxy groups -OCH3 is 3. The van der Waals surface area contributed by atoms with E-state index in [1.807, 2.05) is 0 Å². The molecule has 0 saturated heterocycles. The predicted molar refractivity (Wildman–Crippen MR) is 245 cm³/mol. The first-order chi connectivity index (χ1) is 28.0. The van der Waals surface area contributed by atoms with Gasteiger partial charge in [-0.05, 0) is 98.2 Å². The van der Waals surface area contributed by atoms with Crippen LogP contribution < -0.4 is 0 Å². The van der Waals surface area contributed by atoms with Crippen molar-refractivity contribution in [3.8, 4) is 0 Å². The maximum Gasteiger partial charge on any atom is 0.165 e. The standard InChI is InChI=1S/C19H30O2.C16H25BrO2.C16H25ClO2/c1-13-8-7-11-16-17(20)18(21-3)15(12-19(13,16)2)14-9-5-4-6-10-14;2*1-10(9-17)12-8-16(3)11(2)6-5-7-13(16)14(18)15(12)19-4/h9,13,15-16,18H,4-8,10-12H2,1-3H3;2*11-13,15H,1,5-9H2,2-4H3. The van der Waals surface area contributed by atoms with Crippen molar-refractivity contribution < 1.29 is 28.6 Å². The van der Waals surface area contributed by atoms with Crippen molar-refractivity contribution in [1.82, 2.24) is 0 Å². The van der Waals surface area contributed by atoms with Crippen molar-refractivity contribution in [2.24, 2.45) is 69.5 Å². The van der Waals surface area contributed by atoms with Crippen LogP contribution in [0.5, 0.6) is 0 Å². The lowest BCUT2D eigenvalue weighted by atomic mass is 9.52. The van der Waals surface area contributed by atoms with Gasteiger partial charge in [-0.3, -0.25) is 14.4 Å². The molecule has 0 aliphatic heterocycles. The Balaban J connectivity index is 0.000000169. The Morgan fingerprint density at radius 1 is 0.644 bits per heavy atom. The molecule has 8 heteroatoms. The van der Waals surface area contributed by atoms with Crippen LogP contribution >= 0.6 is 27.5 Å². The fraction of sp³-hybridized carbons (Fsp3) is 0.824. The first-order valence-electron chi connectivity index (χ1n) is 23.3. The highest BCUT2D eigenvalue weighted by molar-refractivity contribution is 9.09. The Kier molecular flexibility index (Phi) is 17.1. The third-order valence-corrected chi connectivity index (χ3v) is 19.1. The number of Topliss-reactive ketones (excluding diaryl/α,β-unsaturated/α-hetero) is 3. The number of carbonyl (C=O) groups excluding carboxylic acids is 3. The van der Waals surface area contributed by atoms with Crippen molar-refractivity contribution >= 4 is 44.9 Å². The van der Waals surface area contributed by atoms with Crippen molar-refractivity contribution in [1.29, 1.82) is 0 Å². The monoisotopic (exact) mass is 902 g/mol. The molecule has 15 atom stereocenters. The van der Waals surface area contributed by atoms with Crippen molar-refractivity contribution in [2.75, 3.05) is 32.5 Å². The number of fused-ring (bicyclic) bond motifs is 3. The van der Waals surface area contributed by atoms with Gasteiger partial charge in [0, 0.05) is 68.0 Å². The number of rotatable bonds is 8. The van der Waals surface area contributed by atoms with E-state index in [9.17, 15) is 14.4 Å².